The Labute approximate surface area is 154 Å². The van der Waals surface area contributed by atoms with E-state index in [1.54, 1.807) is 0 Å². The molecule has 0 saturated carbocycles. The molecule has 0 aromatic heterocycles. The van der Waals surface area contributed by atoms with E-state index in [9.17, 15) is 0 Å². The van der Waals surface area contributed by atoms with Gasteiger partial charge in [0, 0.05) is 36.7 Å². The van der Waals surface area contributed by atoms with Gasteiger partial charge in [0.1, 0.15) is 0 Å². The van der Waals surface area contributed by atoms with Crippen molar-refractivity contribution in [1.29, 1.82) is 0 Å². The van der Waals surface area contributed by atoms with Crippen LogP contribution < -0.4 is 10.6 Å². The maximum Gasteiger partial charge on any atom is 0.0208 e. The summed E-state index contributed by atoms with van der Waals surface area (Å²) in [7, 11) is 3.92. The molecule has 2 aromatic rings. The highest BCUT2D eigenvalue weighted by molar-refractivity contribution is 8.76. The molecule has 2 aromatic carbocycles. The van der Waals surface area contributed by atoms with Crippen LogP contribution in [0.5, 0.6) is 0 Å². The van der Waals surface area contributed by atoms with Crippen molar-refractivity contribution in [3.05, 3.63) is 71.8 Å². The van der Waals surface area contributed by atoms with Crippen LogP contribution in [-0.2, 0) is 13.1 Å². The maximum atomic E-state index is 3.58. The van der Waals surface area contributed by atoms with Crippen LogP contribution in [0.4, 0.5) is 0 Å². The van der Waals surface area contributed by atoms with Gasteiger partial charge in [0.2, 0.25) is 0 Å². The molecule has 0 spiro atoms. The smallest absolute Gasteiger partial charge is 0.0208 e. The van der Waals surface area contributed by atoms with Crippen molar-refractivity contribution < 1.29 is 0 Å². The average Bonchev–Trinajstić information content (AvgIpc) is 2.63. The van der Waals surface area contributed by atoms with Crippen molar-refractivity contribution in [3.8, 4) is 0 Å². The second kappa shape index (κ2) is 11.6. The Morgan fingerprint density at radius 1 is 0.667 bits per heavy atom. The molecule has 0 fully saturated rings. The first-order valence-corrected chi connectivity index (χ1v) is 11.0. The minimum absolute atomic E-state index is 0.523. The van der Waals surface area contributed by atoms with Gasteiger partial charge in [-0.05, 0) is 25.0 Å². The first-order valence-electron chi connectivity index (χ1n) is 8.53. The number of nitrogens with one attached hydrogen (secondary N) is 2. The summed E-state index contributed by atoms with van der Waals surface area (Å²) >= 11 is 0. The normalized spacial score (nSPS) is 13.6. The first-order chi connectivity index (χ1) is 11.7. The van der Waals surface area contributed by atoms with Crippen LogP contribution >= 0.6 is 21.6 Å². The van der Waals surface area contributed by atoms with Gasteiger partial charge in [-0.3, -0.25) is 0 Å². The van der Waals surface area contributed by atoms with Crippen molar-refractivity contribution in [2.24, 2.45) is 0 Å². The van der Waals surface area contributed by atoms with E-state index in [0.29, 0.717) is 12.1 Å². The van der Waals surface area contributed by atoms with E-state index in [0.717, 1.165) is 24.6 Å². The van der Waals surface area contributed by atoms with E-state index >= 15 is 0 Å². The summed E-state index contributed by atoms with van der Waals surface area (Å²) in [6.07, 6.45) is 0. The van der Waals surface area contributed by atoms with Gasteiger partial charge >= 0.3 is 0 Å². The van der Waals surface area contributed by atoms with Crippen molar-refractivity contribution in [2.45, 2.75) is 39.0 Å². The summed E-state index contributed by atoms with van der Waals surface area (Å²) < 4.78 is 0. The van der Waals surface area contributed by atoms with Crippen molar-refractivity contribution >= 4 is 21.6 Å². The first kappa shape index (κ1) is 19.4. The fraction of sp³-hybridized carbons (Fsp3) is 0.400. The van der Waals surface area contributed by atoms with Gasteiger partial charge in [0.05, 0.1) is 0 Å². The number of hydrogen-bond donors (Lipinski definition) is 2. The van der Waals surface area contributed by atoms with Crippen LogP contribution in [0.1, 0.15) is 25.0 Å². The third kappa shape index (κ3) is 8.25. The average molecular weight is 361 g/mol. The molecule has 4 heteroatoms. The summed E-state index contributed by atoms with van der Waals surface area (Å²) in [6, 6.07) is 22.2. The highest BCUT2D eigenvalue weighted by atomic mass is 33.1. The quantitative estimate of drug-likeness (QED) is 0.447. The van der Waals surface area contributed by atoms with E-state index in [1.807, 2.05) is 21.6 Å². The molecule has 2 rings (SSSR count). The van der Waals surface area contributed by atoms with Crippen LogP contribution in [0.3, 0.4) is 0 Å². The molecule has 130 valence electrons. The van der Waals surface area contributed by atoms with Crippen LogP contribution in [0, 0.1) is 0 Å². The fourth-order valence-corrected chi connectivity index (χ4v) is 4.83. The van der Waals surface area contributed by atoms with Gasteiger partial charge in [-0.15, -0.1) is 0 Å². The molecular weight excluding hydrogens is 332 g/mol. The van der Waals surface area contributed by atoms with Crippen molar-refractivity contribution in [2.75, 3.05) is 11.5 Å². The summed E-state index contributed by atoms with van der Waals surface area (Å²) in [5.74, 6) is 2.26. The van der Waals surface area contributed by atoms with Crippen LogP contribution in [-0.4, -0.2) is 23.6 Å². The lowest BCUT2D eigenvalue weighted by atomic mass is 10.2. The van der Waals surface area contributed by atoms with Gasteiger partial charge in [-0.2, -0.15) is 0 Å². The third-order valence-corrected chi connectivity index (χ3v) is 6.47. The van der Waals surface area contributed by atoms with Crippen LogP contribution in [0.25, 0.3) is 0 Å². The predicted octanol–water partition coefficient (Wildman–Crippen LogP) is 4.72. The van der Waals surface area contributed by atoms with E-state index < -0.39 is 0 Å². The molecule has 0 heterocycles. The van der Waals surface area contributed by atoms with Crippen molar-refractivity contribution in [1.82, 2.24) is 10.6 Å². The summed E-state index contributed by atoms with van der Waals surface area (Å²) in [4.78, 5) is 0. The fourth-order valence-electron chi connectivity index (χ4n) is 2.19. The lowest BCUT2D eigenvalue weighted by Crippen LogP contribution is -2.28. The SMILES string of the molecule is C[C@@H](CSSC[C@H](C)NCc1ccccc1)NCc1ccccc1. The van der Waals surface area contributed by atoms with Gasteiger partial charge in [-0.1, -0.05) is 82.3 Å². The molecule has 24 heavy (non-hydrogen) atoms. The topological polar surface area (TPSA) is 24.1 Å². The molecule has 2 atom stereocenters. The van der Waals surface area contributed by atoms with E-state index in [4.69, 9.17) is 0 Å². The molecule has 0 aliphatic rings. The highest BCUT2D eigenvalue weighted by Gasteiger charge is 2.05. The Kier molecular flexibility index (Phi) is 9.36. The monoisotopic (exact) mass is 360 g/mol. The zero-order valence-corrected chi connectivity index (χ0v) is 16.2. The molecule has 0 aliphatic heterocycles. The molecule has 0 radical (unpaired) electrons. The highest BCUT2D eigenvalue weighted by Crippen LogP contribution is 2.23. The number of benzene rings is 2. The Morgan fingerprint density at radius 2 is 1.04 bits per heavy atom. The zero-order valence-electron chi connectivity index (χ0n) is 14.6. The summed E-state index contributed by atoms with van der Waals surface area (Å²) in [5, 5.41) is 7.17. The lowest BCUT2D eigenvalue weighted by molar-refractivity contribution is 0.595. The molecule has 0 amide bonds. The minimum atomic E-state index is 0.523. The van der Waals surface area contributed by atoms with Crippen LogP contribution in [0.15, 0.2) is 60.7 Å². The molecule has 0 aliphatic carbocycles. The van der Waals surface area contributed by atoms with Gasteiger partial charge in [0.25, 0.3) is 0 Å². The molecule has 0 unspecified atom stereocenters. The Hall–Kier alpha value is -0.940. The summed E-state index contributed by atoms with van der Waals surface area (Å²) in [6.45, 7) is 6.41. The molecule has 0 bridgehead atoms. The van der Waals surface area contributed by atoms with Crippen LogP contribution in [0.2, 0.25) is 0 Å². The second-order valence-corrected chi connectivity index (χ2v) is 8.66. The standard InChI is InChI=1S/C20H28N2S2/c1-17(21-13-19-9-5-3-6-10-19)15-23-24-16-18(2)22-14-20-11-7-4-8-12-20/h3-12,17-18,21-22H,13-16H2,1-2H3/t17-,18-/m0/s1. The number of rotatable bonds is 11. The Balaban J connectivity index is 1.50. The van der Waals surface area contributed by atoms with Crippen molar-refractivity contribution in [3.63, 3.8) is 0 Å². The minimum Gasteiger partial charge on any atom is -0.309 e. The Morgan fingerprint density at radius 3 is 1.42 bits per heavy atom. The predicted molar refractivity (Wildman–Crippen MR) is 110 cm³/mol. The molecule has 2 nitrogen and oxygen atoms in total. The molecular formula is C20H28N2S2. The van der Waals surface area contributed by atoms with Gasteiger partial charge in [0.15, 0.2) is 0 Å². The molecule has 0 saturated heterocycles. The largest absolute Gasteiger partial charge is 0.309 e. The third-order valence-electron chi connectivity index (χ3n) is 3.71. The zero-order chi connectivity index (χ0) is 17.0. The van der Waals surface area contributed by atoms with E-state index in [1.165, 1.54) is 11.1 Å². The van der Waals surface area contributed by atoms with E-state index in [-0.39, 0.29) is 0 Å². The van der Waals surface area contributed by atoms with Gasteiger partial charge in [-0.25, -0.2) is 0 Å². The molecule has 2 N–H and O–H groups in total. The summed E-state index contributed by atoms with van der Waals surface area (Å²) in [5.41, 5.74) is 2.70. The lowest BCUT2D eigenvalue weighted by Gasteiger charge is -2.15. The maximum absolute atomic E-state index is 3.58. The van der Waals surface area contributed by atoms with Gasteiger partial charge < -0.3 is 10.6 Å². The van der Waals surface area contributed by atoms with E-state index in [2.05, 4.69) is 85.1 Å². The second-order valence-electron chi connectivity index (χ2n) is 6.10. The Bertz CT molecular complexity index is 497. The number of hydrogen-bond acceptors (Lipinski definition) is 4.